The molecule has 1 aliphatic heterocycles. The van der Waals surface area contributed by atoms with E-state index < -0.39 is 154 Å². The Morgan fingerprint density at radius 2 is 0.697 bits per heavy atom. The lowest BCUT2D eigenvalue weighted by Crippen LogP contribution is -2.47. The van der Waals surface area contributed by atoms with Crippen molar-refractivity contribution in [2.24, 2.45) is 5.73 Å². The maximum absolute atomic E-state index is 13.3. The predicted molar refractivity (Wildman–Crippen MR) is 504 cm³/mol. The summed E-state index contributed by atoms with van der Waals surface area (Å²) in [4.78, 5) is 160. The van der Waals surface area contributed by atoms with Crippen LogP contribution in [0.25, 0.3) is 43.6 Å². The monoisotopic (exact) mass is 1960 g/mol. The van der Waals surface area contributed by atoms with E-state index in [2.05, 4.69) is 82.4 Å². The van der Waals surface area contributed by atoms with Gasteiger partial charge in [-0.1, -0.05) is 76.2 Å². The number of cyclic esters (lactones) is 1. The lowest BCUT2D eigenvalue weighted by Gasteiger charge is -2.16. The summed E-state index contributed by atoms with van der Waals surface area (Å²) in [6.45, 7) is 7.46. The van der Waals surface area contributed by atoms with E-state index in [1.807, 2.05) is 0 Å². The second kappa shape index (κ2) is 49.9. The number of esters is 1. The van der Waals surface area contributed by atoms with Crippen molar-refractivity contribution in [1.82, 2.24) is 82.4 Å². The number of amides is 9. The topological polar surface area (TPSA) is 621 Å². The quantitative estimate of drug-likeness (QED) is 0.0147. The molecular formula is C99H103F4N17O22. The van der Waals surface area contributed by atoms with E-state index >= 15 is 0 Å². The van der Waals surface area contributed by atoms with Gasteiger partial charge in [-0.3, -0.25) is 63.1 Å². The largest absolute Gasteiger partial charge is 0.504 e. The smallest absolute Gasteiger partial charge is 0.328 e. The number of rotatable bonds is 36. The molecule has 13 aromatic rings. The number of aromatic hydroxyl groups is 4. The summed E-state index contributed by atoms with van der Waals surface area (Å²) < 4.78 is 63.1. The first-order chi connectivity index (χ1) is 68.0. The van der Waals surface area contributed by atoms with Crippen LogP contribution in [-0.4, -0.2) is 239 Å². The molecule has 43 heteroatoms. The summed E-state index contributed by atoms with van der Waals surface area (Å²) in [5.74, 6) is -10.7. The second-order valence-corrected chi connectivity index (χ2v) is 32.8. The zero-order valence-electron chi connectivity index (χ0n) is 77.2. The number of pyridine rings is 8. The molecule has 1 fully saturated rings. The number of hydrogen-bond acceptors (Lipinski definition) is 30. The lowest BCUT2D eigenvalue weighted by atomic mass is 10.0. The Labute approximate surface area is 806 Å². The third-order valence-electron chi connectivity index (χ3n) is 22.1. The fourth-order valence-corrected chi connectivity index (χ4v) is 14.0. The number of carbonyl (C=O) groups excluding carboxylic acids is 10. The van der Waals surface area contributed by atoms with E-state index in [0.29, 0.717) is 79.4 Å². The molecule has 10 heterocycles. The molecule has 1 aliphatic rings. The molecular weight excluding hydrogens is 1860 g/mol. The number of fused-ring (bicyclic) bond motifs is 4. The number of aromatic nitrogens is 8. The molecule has 14 rings (SSSR count). The van der Waals surface area contributed by atoms with Crippen molar-refractivity contribution < 1.29 is 126 Å². The van der Waals surface area contributed by atoms with Gasteiger partial charge in [0.15, 0.2) is 45.8 Å². The Morgan fingerprint density at radius 1 is 0.401 bits per heavy atom. The molecule has 7 atom stereocenters. The molecule has 0 spiro atoms. The Balaban J connectivity index is 0.000000181. The van der Waals surface area contributed by atoms with Crippen LogP contribution < -0.4 is 48.3 Å². The van der Waals surface area contributed by atoms with Crippen LogP contribution in [0.3, 0.4) is 0 Å². The molecule has 4 aromatic carbocycles. The zero-order valence-corrected chi connectivity index (χ0v) is 77.2. The first kappa shape index (κ1) is 106. The van der Waals surface area contributed by atoms with Crippen LogP contribution in [-0.2, 0) is 46.6 Å². The van der Waals surface area contributed by atoms with Gasteiger partial charge in [0, 0.05) is 85.0 Å². The highest BCUT2D eigenvalue weighted by molar-refractivity contribution is 6.14. The third kappa shape index (κ3) is 28.1. The van der Waals surface area contributed by atoms with Crippen molar-refractivity contribution in [3.05, 3.63) is 284 Å². The summed E-state index contributed by atoms with van der Waals surface area (Å²) in [7, 11) is 0. The average Bonchev–Trinajstić information content (AvgIpc) is 1.61. The number of benzene rings is 4. The van der Waals surface area contributed by atoms with Crippen LogP contribution in [0.15, 0.2) is 169 Å². The number of aliphatic hydroxyl groups is 6. The van der Waals surface area contributed by atoms with Gasteiger partial charge in [-0.15, -0.1) is 0 Å². The van der Waals surface area contributed by atoms with Gasteiger partial charge < -0.3 is 108 Å². The number of carbonyl (C=O) groups is 10. The highest BCUT2D eigenvalue weighted by Gasteiger charge is 2.34. The standard InChI is InChI=1S/C26H25FN4O5.C25H25FN4O6.C24H26FN5O6.C24H27FN4O5/c1-2-18(32)13-29-26(35)23-24(33)21-20(22(31-23)25(34)30-14-19-4-3-9-36-19)11-16(12-28-21)10-15-5-7-17(27)8-6-15;1-2-16(31)12-28-23(33)21-22(32)19-17(20(30-21)24(34)29-18-7-8-36-25(18)35)10-14(11-27-19)9-13-3-5-15(26)6-4-13;1-2-15(32)10-28-23(35)20-21(33)18-16(19(30-20)24(36)29-17(11-31)22(26)34)8-13(9-27-18)7-12-3-5-14(25)6-4-12;1-3-17(31)11-27-23(33)21-22(32)19-18(20(29-21)24(34)28-13(2)12-30)9-15(10-26-19)8-14-4-6-16(25)7-5-14/h3-9,11-12,18,32-33H,2,10,13-14H2,1H3,(H,29,35)(H,30,34);3-6,10-11,16,18,31-32H,2,7-9,12H2,1H3,(H,28,33)(H,29,34);3-6,8-9,15,17,31-33H,2,7,10-11H2,1H3,(H2,26,34)(H,28,35)(H,29,36);4-7,9-10,13,17,30-32H,3,8,11-12H2,1-2H3,(H,27,33)(H,28,34)/t;;15?,17-;/m..0./s1. The minimum Gasteiger partial charge on any atom is -0.504 e. The minimum absolute atomic E-state index is 0.000785. The molecule has 1 saturated heterocycles. The van der Waals surface area contributed by atoms with E-state index in [4.69, 9.17) is 14.9 Å². The molecule has 6 unspecified atom stereocenters. The van der Waals surface area contributed by atoms with E-state index in [-0.39, 0.29) is 142 Å². The molecule has 0 saturated carbocycles. The van der Waals surface area contributed by atoms with Gasteiger partial charge in [0.25, 0.3) is 47.3 Å². The number of primary amides is 1. The Hall–Kier alpha value is -16.2. The van der Waals surface area contributed by atoms with Crippen LogP contribution in [0.2, 0.25) is 0 Å². The second-order valence-electron chi connectivity index (χ2n) is 32.8. The minimum atomic E-state index is -1.42. The molecule has 0 aliphatic carbocycles. The van der Waals surface area contributed by atoms with Crippen molar-refractivity contribution in [2.45, 2.75) is 141 Å². The summed E-state index contributed by atoms with van der Waals surface area (Å²) in [5, 5.41) is 121. The van der Waals surface area contributed by atoms with Crippen molar-refractivity contribution in [2.75, 3.05) is 46.0 Å². The molecule has 0 radical (unpaired) electrons. The van der Waals surface area contributed by atoms with E-state index in [9.17, 15) is 117 Å². The zero-order chi connectivity index (χ0) is 103. The van der Waals surface area contributed by atoms with Gasteiger partial charge in [0.05, 0.1) is 57.0 Å². The molecule has 0 bridgehead atoms. The molecule has 142 heavy (non-hydrogen) atoms. The first-order valence-corrected chi connectivity index (χ1v) is 44.8. The van der Waals surface area contributed by atoms with Gasteiger partial charge in [-0.05, 0) is 188 Å². The van der Waals surface area contributed by atoms with Gasteiger partial charge in [0.1, 0.15) is 86.0 Å². The highest BCUT2D eigenvalue weighted by atomic mass is 19.1. The summed E-state index contributed by atoms with van der Waals surface area (Å²) in [5.41, 5.74) is 8.28. The summed E-state index contributed by atoms with van der Waals surface area (Å²) in [6.07, 6.45) is 7.59. The highest BCUT2D eigenvalue weighted by Crippen LogP contribution is 2.35. The number of hydrogen-bond donors (Lipinski definition) is 19. The summed E-state index contributed by atoms with van der Waals surface area (Å²) in [6, 6.07) is 30.5. The third-order valence-corrected chi connectivity index (χ3v) is 22.1. The number of ether oxygens (including phenoxy) is 1. The van der Waals surface area contributed by atoms with Crippen LogP contribution >= 0.6 is 0 Å². The number of nitrogens with zero attached hydrogens (tertiary/aromatic N) is 8. The van der Waals surface area contributed by atoms with Crippen molar-refractivity contribution in [3.63, 3.8) is 0 Å². The molecule has 9 amide bonds. The predicted octanol–water partition coefficient (Wildman–Crippen LogP) is 6.52. The Kier molecular flexibility index (Phi) is 37.3. The lowest BCUT2D eigenvalue weighted by molar-refractivity contribution is -0.139. The van der Waals surface area contributed by atoms with Crippen molar-refractivity contribution >= 4 is 103 Å². The van der Waals surface area contributed by atoms with E-state index in [1.165, 1.54) is 85.6 Å². The Morgan fingerprint density at radius 3 is 0.965 bits per heavy atom. The maximum Gasteiger partial charge on any atom is 0.328 e. The average molecular weight is 1960 g/mol. The number of furan rings is 1. The maximum atomic E-state index is 13.3. The SMILES string of the molecule is CCC(O)CNC(=O)c1nc(C(=O)NC(C)CO)c2cc(Cc3ccc(F)cc3)cnc2c1O.CCC(O)CNC(=O)c1nc(C(=O)NC2CCOC2=O)c2cc(Cc3ccc(F)cc3)cnc2c1O.CCC(O)CNC(=O)c1nc(C(=O)NCc2ccco2)c2cc(Cc3ccc(F)cc3)cnc2c1O.CCC(O)CNC(=O)c1nc(C(=O)N[C@@H](CO)C(N)=O)c2cc(Cc3ccc(F)cc3)cnc2c1O. The first-order valence-electron chi connectivity index (χ1n) is 44.8. The number of halogens is 4. The van der Waals surface area contributed by atoms with Crippen molar-refractivity contribution in [3.8, 4) is 23.0 Å². The van der Waals surface area contributed by atoms with Gasteiger partial charge >= 0.3 is 5.97 Å². The Bertz CT molecular complexity index is 6580. The molecule has 744 valence electrons. The molecule has 20 N–H and O–H groups in total. The molecule has 39 nitrogen and oxygen atoms in total. The summed E-state index contributed by atoms with van der Waals surface area (Å²) >= 11 is 0. The normalized spacial score (nSPS) is 13.3. The fourth-order valence-electron chi connectivity index (χ4n) is 14.0. The van der Waals surface area contributed by atoms with Crippen LogP contribution in [0.1, 0.15) is 201 Å². The van der Waals surface area contributed by atoms with Gasteiger partial charge in [0.2, 0.25) is 5.91 Å². The van der Waals surface area contributed by atoms with E-state index in [1.54, 1.807) is 113 Å². The van der Waals surface area contributed by atoms with E-state index in [0.717, 1.165) is 22.3 Å². The van der Waals surface area contributed by atoms with Crippen LogP contribution in [0.4, 0.5) is 17.6 Å². The molecule has 9 aromatic heterocycles. The number of nitrogens with two attached hydrogens (primary N) is 1. The number of aliphatic hydroxyl groups excluding tert-OH is 6. The van der Waals surface area contributed by atoms with Gasteiger partial charge in [-0.2, -0.15) is 0 Å². The number of nitrogens with one attached hydrogen (secondary N) is 8. The fraction of sp³-hybridized carbons (Fsp3) is 0.293. The van der Waals surface area contributed by atoms with Crippen molar-refractivity contribution in [1.29, 1.82) is 0 Å². The van der Waals surface area contributed by atoms with Crippen LogP contribution in [0, 0.1) is 23.3 Å². The van der Waals surface area contributed by atoms with Gasteiger partial charge in [-0.25, -0.2) is 42.3 Å². The van der Waals surface area contributed by atoms with Crippen LogP contribution in [0.5, 0.6) is 23.0 Å².